The predicted molar refractivity (Wildman–Crippen MR) is 92.6 cm³/mol. The van der Waals surface area contributed by atoms with Crippen molar-refractivity contribution < 1.29 is 4.79 Å². The summed E-state index contributed by atoms with van der Waals surface area (Å²) in [5.74, 6) is 0.684. The van der Waals surface area contributed by atoms with Gasteiger partial charge in [-0.2, -0.15) is 0 Å². The Morgan fingerprint density at radius 3 is 3.00 bits per heavy atom. The van der Waals surface area contributed by atoms with E-state index in [1.54, 1.807) is 35.3 Å². The van der Waals surface area contributed by atoms with Gasteiger partial charge in [0.05, 0.1) is 17.6 Å². The van der Waals surface area contributed by atoms with Gasteiger partial charge >= 0.3 is 0 Å². The monoisotopic (exact) mass is 320 g/mol. The number of fused-ring (bicyclic) bond motifs is 1. The average Bonchev–Trinajstić information content (AvgIpc) is 2.95. The first-order valence-corrected chi connectivity index (χ1v) is 7.36. The SMILES string of the molecule is C=C(C=O)/C=C\c1nc(Cn2ccc3ccncc3c2=O)cn1C. The molecule has 0 unspecified atom stereocenters. The van der Waals surface area contributed by atoms with Crippen molar-refractivity contribution in [2.45, 2.75) is 6.54 Å². The maximum atomic E-state index is 12.5. The van der Waals surface area contributed by atoms with E-state index in [0.717, 1.165) is 11.1 Å². The van der Waals surface area contributed by atoms with Crippen LogP contribution in [-0.2, 0) is 18.4 Å². The maximum Gasteiger partial charge on any atom is 0.260 e. The van der Waals surface area contributed by atoms with Crippen molar-refractivity contribution in [2.75, 3.05) is 0 Å². The van der Waals surface area contributed by atoms with Crippen LogP contribution in [0.5, 0.6) is 0 Å². The van der Waals surface area contributed by atoms with Crippen LogP contribution in [0.15, 0.2) is 59.9 Å². The molecule has 3 aromatic rings. The average molecular weight is 320 g/mol. The van der Waals surface area contributed by atoms with E-state index in [9.17, 15) is 9.59 Å². The van der Waals surface area contributed by atoms with Crippen LogP contribution >= 0.6 is 0 Å². The zero-order valence-corrected chi connectivity index (χ0v) is 13.2. The molecule has 0 spiro atoms. The normalized spacial score (nSPS) is 11.2. The first-order chi connectivity index (χ1) is 11.6. The van der Waals surface area contributed by atoms with Gasteiger partial charge < -0.3 is 9.13 Å². The van der Waals surface area contributed by atoms with Gasteiger partial charge in [0.15, 0.2) is 0 Å². The molecule has 0 bridgehead atoms. The van der Waals surface area contributed by atoms with Crippen LogP contribution in [0.4, 0.5) is 0 Å². The van der Waals surface area contributed by atoms with E-state index in [1.807, 2.05) is 29.9 Å². The molecule has 0 atom stereocenters. The Balaban J connectivity index is 1.91. The molecule has 3 aromatic heterocycles. The van der Waals surface area contributed by atoms with E-state index in [-0.39, 0.29) is 5.56 Å². The number of aryl methyl sites for hydroxylation is 1. The Labute approximate surface area is 138 Å². The summed E-state index contributed by atoms with van der Waals surface area (Å²) < 4.78 is 3.43. The fourth-order valence-electron chi connectivity index (χ4n) is 2.42. The summed E-state index contributed by atoms with van der Waals surface area (Å²) in [5.41, 5.74) is 1.02. The highest BCUT2D eigenvalue weighted by molar-refractivity contribution is 5.80. The number of hydrogen-bond donors (Lipinski definition) is 0. The zero-order chi connectivity index (χ0) is 17.1. The van der Waals surface area contributed by atoms with Crippen molar-refractivity contribution in [1.29, 1.82) is 0 Å². The summed E-state index contributed by atoms with van der Waals surface area (Å²) >= 11 is 0. The molecule has 0 aliphatic heterocycles. The summed E-state index contributed by atoms with van der Waals surface area (Å²) in [6.07, 6.45) is 10.8. The van der Waals surface area contributed by atoms with Gasteiger partial charge in [-0.1, -0.05) is 6.58 Å². The predicted octanol–water partition coefficient (Wildman–Crippen LogP) is 1.95. The zero-order valence-electron chi connectivity index (χ0n) is 13.2. The van der Waals surface area contributed by atoms with Crippen LogP contribution in [0, 0.1) is 0 Å². The molecule has 0 fully saturated rings. The van der Waals surface area contributed by atoms with E-state index in [0.29, 0.717) is 29.6 Å². The standard InChI is InChI=1S/C18H16N4O2/c1-13(12-23)3-4-17-20-15(10-21(17)2)11-22-8-6-14-5-7-19-9-16(14)18(22)24/h3-10,12H,1,11H2,2H3/b4-3-. The summed E-state index contributed by atoms with van der Waals surface area (Å²) in [6, 6.07) is 3.70. The van der Waals surface area contributed by atoms with Crippen LogP contribution in [0.2, 0.25) is 0 Å². The number of rotatable bonds is 5. The summed E-state index contributed by atoms with van der Waals surface area (Å²) in [7, 11) is 1.85. The third-order valence-corrected chi connectivity index (χ3v) is 3.67. The number of nitrogens with zero attached hydrogens (tertiary/aromatic N) is 4. The minimum Gasteiger partial charge on any atom is -0.334 e. The summed E-state index contributed by atoms with van der Waals surface area (Å²) in [4.78, 5) is 31.6. The first-order valence-electron chi connectivity index (χ1n) is 7.36. The molecule has 120 valence electrons. The number of carbonyl (C=O) groups excluding carboxylic acids is 1. The molecule has 0 N–H and O–H groups in total. The van der Waals surface area contributed by atoms with E-state index in [1.165, 1.54) is 0 Å². The summed E-state index contributed by atoms with van der Waals surface area (Å²) in [5, 5.41) is 1.45. The minimum atomic E-state index is -0.0994. The highest BCUT2D eigenvalue weighted by Crippen LogP contribution is 2.09. The molecule has 3 rings (SSSR count). The number of aldehydes is 1. The second-order valence-corrected chi connectivity index (χ2v) is 5.44. The van der Waals surface area contributed by atoms with Crippen LogP contribution in [-0.4, -0.2) is 25.4 Å². The Bertz CT molecular complexity index is 1010. The van der Waals surface area contributed by atoms with Crippen LogP contribution in [0.25, 0.3) is 16.8 Å². The van der Waals surface area contributed by atoms with Gasteiger partial charge in [0, 0.05) is 37.4 Å². The lowest BCUT2D eigenvalue weighted by atomic mass is 10.2. The van der Waals surface area contributed by atoms with Gasteiger partial charge in [0.2, 0.25) is 0 Å². The fraction of sp³-hybridized carbons (Fsp3) is 0.111. The van der Waals surface area contributed by atoms with Gasteiger partial charge in [-0.15, -0.1) is 0 Å². The van der Waals surface area contributed by atoms with Gasteiger partial charge in [-0.25, -0.2) is 4.98 Å². The molecule has 0 aliphatic carbocycles. The molecule has 6 heteroatoms. The molecule has 3 heterocycles. The van der Waals surface area contributed by atoms with Gasteiger partial charge in [-0.3, -0.25) is 14.6 Å². The molecule has 0 aliphatic rings. The maximum absolute atomic E-state index is 12.5. The van der Waals surface area contributed by atoms with Crippen molar-refractivity contribution in [3.8, 4) is 0 Å². The van der Waals surface area contributed by atoms with E-state index in [4.69, 9.17) is 0 Å². The topological polar surface area (TPSA) is 69.8 Å². The molecule has 0 saturated heterocycles. The minimum absolute atomic E-state index is 0.0994. The Morgan fingerprint density at radius 2 is 2.21 bits per heavy atom. The lowest BCUT2D eigenvalue weighted by Gasteiger charge is -2.04. The number of pyridine rings is 2. The van der Waals surface area contributed by atoms with Crippen molar-refractivity contribution in [1.82, 2.24) is 19.1 Å². The Kier molecular flexibility index (Phi) is 4.20. The van der Waals surface area contributed by atoms with E-state index >= 15 is 0 Å². The quantitative estimate of drug-likeness (QED) is 0.409. The lowest BCUT2D eigenvalue weighted by Crippen LogP contribution is -2.20. The van der Waals surface area contributed by atoms with E-state index in [2.05, 4.69) is 16.5 Å². The molecule has 0 radical (unpaired) electrons. The smallest absolute Gasteiger partial charge is 0.260 e. The third kappa shape index (κ3) is 3.08. The van der Waals surface area contributed by atoms with E-state index < -0.39 is 0 Å². The first kappa shape index (κ1) is 15.6. The highest BCUT2D eigenvalue weighted by Gasteiger charge is 2.07. The Morgan fingerprint density at radius 1 is 1.38 bits per heavy atom. The number of allylic oxidation sites excluding steroid dienone is 2. The van der Waals surface area contributed by atoms with Crippen molar-refractivity contribution in [3.05, 3.63) is 77.0 Å². The summed E-state index contributed by atoms with van der Waals surface area (Å²) in [6.45, 7) is 3.95. The number of imidazole rings is 1. The molecular weight excluding hydrogens is 304 g/mol. The molecular formula is C18H16N4O2. The number of aromatic nitrogens is 4. The Hall–Kier alpha value is -3.28. The van der Waals surface area contributed by atoms with Crippen molar-refractivity contribution in [2.24, 2.45) is 7.05 Å². The van der Waals surface area contributed by atoms with Crippen molar-refractivity contribution >= 4 is 23.1 Å². The van der Waals surface area contributed by atoms with Crippen LogP contribution in [0.1, 0.15) is 11.5 Å². The molecule has 0 aromatic carbocycles. The largest absolute Gasteiger partial charge is 0.334 e. The van der Waals surface area contributed by atoms with Gasteiger partial charge in [0.1, 0.15) is 12.1 Å². The van der Waals surface area contributed by atoms with Gasteiger partial charge in [0.25, 0.3) is 5.56 Å². The number of hydrogen-bond acceptors (Lipinski definition) is 4. The third-order valence-electron chi connectivity index (χ3n) is 3.67. The molecule has 0 saturated carbocycles. The lowest BCUT2D eigenvalue weighted by molar-refractivity contribution is -0.104. The van der Waals surface area contributed by atoms with Crippen LogP contribution < -0.4 is 5.56 Å². The highest BCUT2D eigenvalue weighted by atomic mass is 16.1. The molecule has 24 heavy (non-hydrogen) atoms. The molecule has 6 nitrogen and oxygen atoms in total. The van der Waals surface area contributed by atoms with Gasteiger partial charge in [-0.05, 0) is 29.7 Å². The van der Waals surface area contributed by atoms with Crippen LogP contribution in [0.3, 0.4) is 0 Å². The second kappa shape index (κ2) is 6.45. The van der Waals surface area contributed by atoms with Crippen molar-refractivity contribution in [3.63, 3.8) is 0 Å². The number of carbonyl (C=O) groups is 1. The molecule has 0 amide bonds. The second-order valence-electron chi connectivity index (χ2n) is 5.44. The fourth-order valence-corrected chi connectivity index (χ4v) is 2.42.